The van der Waals surface area contributed by atoms with E-state index in [1.165, 1.54) is 5.56 Å². The number of allylic oxidation sites excluding steroid dienone is 1. The SMILES string of the molecule is C=C(C)c1ccc(C(C)(C)C)cn1. The van der Waals surface area contributed by atoms with Crippen LogP contribution in [0.25, 0.3) is 5.57 Å². The lowest BCUT2D eigenvalue weighted by Crippen LogP contribution is -2.11. The number of hydrogen-bond donors (Lipinski definition) is 0. The van der Waals surface area contributed by atoms with Crippen LogP contribution in [0.2, 0.25) is 0 Å². The monoisotopic (exact) mass is 175 g/mol. The van der Waals surface area contributed by atoms with Crippen molar-refractivity contribution in [2.75, 3.05) is 0 Å². The van der Waals surface area contributed by atoms with Gasteiger partial charge in [-0.05, 0) is 29.5 Å². The Morgan fingerprint density at radius 1 is 1.31 bits per heavy atom. The maximum atomic E-state index is 4.35. The summed E-state index contributed by atoms with van der Waals surface area (Å²) in [4.78, 5) is 4.35. The minimum absolute atomic E-state index is 0.181. The smallest absolute Gasteiger partial charge is 0.0653 e. The van der Waals surface area contributed by atoms with Crippen molar-refractivity contribution in [3.05, 3.63) is 36.2 Å². The number of rotatable bonds is 1. The molecule has 0 radical (unpaired) electrons. The van der Waals surface area contributed by atoms with Crippen LogP contribution < -0.4 is 0 Å². The van der Waals surface area contributed by atoms with Crippen LogP contribution in [0.1, 0.15) is 39.0 Å². The maximum absolute atomic E-state index is 4.35. The van der Waals surface area contributed by atoms with Crippen LogP contribution >= 0.6 is 0 Å². The van der Waals surface area contributed by atoms with Crippen LogP contribution in [0.15, 0.2) is 24.9 Å². The molecule has 0 spiro atoms. The highest BCUT2D eigenvalue weighted by molar-refractivity contribution is 5.57. The fraction of sp³-hybridized carbons (Fsp3) is 0.417. The predicted octanol–water partition coefficient (Wildman–Crippen LogP) is 3.41. The van der Waals surface area contributed by atoms with Gasteiger partial charge in [0.25, 0.3) is 0 Å². The van der Waals surface area contributed by atoms with Gasteiger partial charge in [0.1, 0.15) is 0 Å². The Morgan fingerprint density at radius 2 is 1.92 bits per heavy atom. The van der Waals surface area contributed by atoms with Crippen LogP contribution in [0.4, 0.5) is 0 Å². The Bertz CT molecular complexity index is 301. The number of hydrogen-bond acceptors (Lipinski definition) is 1. The van der Waals surface area contributed by atoms with E-state index in [-0.39, 0.29) is 5.41 Å². The van der Waals surface area contributed by atoms with E-state index in [1.807, 2.05) is 19.2 Å². The zero-order valence-electron chi connectivity index (χ0n) is 8.89. The van der Waals surface area contributed by atoms with Crippen LogP contribution in [-0.4, -0.2) is 4.98 Å². The van der Waals surface area contributed by atoms with Crippen molar-refractivity contribution in [3.63, 3.8) is 0 Å². The summed E-state index contributed by atoms with van der Waals surface area (Å²) in [7, 11) is 0. The zero-order chi connectivity index (χ0) is 10.1. The maximum Gasteiger partial charge on any atom is 0.0653 e. The van der Waals surface area contributed by atoms with E-state index in [9.17, 15) is 0 Å². The minimum atomic E-state index is 0.181. The second-order valence-electron chi connectivity index (χ2n) is 4.46. The van der Waals surface area contributed by atoms with Crippen molar-refractivity contribution in [2.24, 2.45) is 0 Å². The first kappa shape index (κ1) is 9.97. The van der Waals surface area contributed by atoms with E-state index < -0.39 is 0 Å². The average molecular weight is 175 g/mol. The largest absolute Gasteiger partial charge is 0.256 e. The topological polar surface area (TPSA) is 12.9 Å². The molecule has 70 valence electrons. The molecule has 0 fully saturated rings. The molecule has 0 bridgehead atoms. The van der Waals surface area contributed by atoms with E-state index >= 15 is 0 Å². The van der Waals surface area contributed by atoms with E-state index in [0.717, 1.165) is 11.3 Å². The summed E-state index contributed by atoms with van der Waals surface area (Å²) < 4.78 is 0. The Hall–Kier alpha value is -1.11. The molecule has 0 N–H and O–H groups in total. The molecule has 1 heterocycles. The summed E-state index contributed by atoms with van der Waals surface area (Å²) in [5.74, 6) is 0. The number of nitrogens with zero attached hydrogens (tertiary/aromatic N) is 1. The summed E-state index contributed by atoms with van der Waals surface area (Å²) in [6.07, 6.45) is 1.93. The van der Waals surface area contributed by atoms with Gasteiger partial charge >= 0.3 is 0 Å². The molecule has 1 heteroatoms. The third kappa shape index (κ3) is 2.41. The van der Waals surface area contributed by atoms with E-state index in [4.69, 9.17) is 0 Å². The van der Waals surface area contributed by atoms with Gasteiger partial charge in [0.2, 0.25) is 0 Å². The Kier molecular flexibility index (Phi) is 2.55. The van der Waals surface area contributed by atoms with Crippen LogP contribution in [-0.2, 0) is 5.41 Å². The first-order chi connectivity index (χ1) is 5.91. The molecular formula is C12H17N. The van der Waals surface area contributed by atoms with Crippen molar-refractivity contribution in [3.8, 4) is 0 Å². The molecule has 0 saturated heterocycles. The lowest BCUT2D eigenvalue weighted by atomic mass is 9.88. The van der Waals surface area contributed by atoms with Crippen LogP contribution in [0, 0.1) is 0 Å². The summed E-state index contributed by atoms with van der Waals surface area (Å²) in [6, 6.07) is 4.15. The molecule has 1 rings (SSSR count). The average Bonchev–Trinajstić information content (AvgIpc) is 2.03. The lowest BCUT2D eigenvalue weighted by molar-refractivity contribution is 0.587. The van der Waals surface area contributed by atoms with Gasteiger partial charge in [-0.25, -0.2) is 0 Å². The molecular weight excluding hydrogens is 158 g/mol. The fourth-order valence-electron chi connectivity index (χ4n) is 1.09. The first-order valence-corrected chi connectivity index (χ1v) is 4.53. The van der Waals surface area contributed by atoms with Crippen LogP contribution in [0.5, 0.6) is 0 Å². The van der Waals surface area contributed by atoms with Crippen molar-refractivity contribution in [2.45, 2.75) is 33.1 Å². The highest BCUT2D eigenvalue weighted by Gasteiger charge is 2.13. The standard InChI is InChI=1S/C12H17N/c1-9(2)11-7-6-10(8-13-11)12(3,4)5/h6-8H,1H2,2-5H3. The summed E-state index contributed by atoms with van der Waals surface area (Å²) in [5.41, 5.74) is 3.44. The minimum Gasteiger partial charge on any atom is -0.256 e. The fourth-order valence-corrected chi connectivity index (χ4v) is 1.09. The highest BCUT2D eigenvalue weighted by Crippen LogP contribution is 2.21. The van der Waals surface area contributed by atoms with Crippen molar-refractivity contribution in [1.29, 1.82) is 0 Å². The Labute approximate surface area is 80.5 Å². The second kappa shape index (κ2) is 3.33. The van der Waals surface area contributed by atoms with Gasteiger partial charge < -0.3 is 0 Å². The molecule has 0 unspecified atom stereocenters. The van der Waals surface area contributed by atoms with Gasteiger partial charge in [-0.15, -0.1) is 0 Å². The molecule has 0 saturated carbocycles. The molecule has 0 amide bonds. The van der Waals surface area contributed by atoms with Gasteiger partial charge in [-0.3, -0.25) is 4.98 Å². The van der Waals surface area contributed by atoms with Crippen molar-refractivity contribution < 1.29 is 0 Å². The predicted molar refractivity (Wildman–Crippen MR) is 57.6 cm³/mol. The van der Waals surface area contributed by atoms with E-state index in [0.29, 0.717) is 0 Å². The lowest BCUT2D eigenvalue weighted by Gasteiger charge is -2.18. The third-order valence-electron chi connectivity index (χ3n) is 2.07. The van der Waals surface area contributed by atoms with Gasteiger partial charge in [0.15, 0.2) is 0 Å². The number of aromatic nitrogens is 1. The quantitative estimate of drug-likeness (QED) is 0.637. The Balaban J connectivity index is 3.01. The van der Waals surface area contributed by atoms with Gasteiger partial charge in [0, 0.05) is 6.20 Å². The zero-order valence-corrected chi connectivity index (χ0v) is 8.89. The third-order valence-corrected chi connectivity index (χ3v) is 2.07. The molecule has 0 aromatic carbocycles. The van der Waals surface area contributed by atoms with Crippen LogP contribution in [0.3, 0.4) is 0 Å². The van der Waals surface area contributed by atoms with Crippen molar-refractivity contribution in [1.82, 2.24) is 4.98 Å². The summed E-state index contributed by atoms with van der Waals surface area (Å²) in [5, 5.41) is 0. The van der Waals surface area contributed by atoms with E-state index in [2.05, 4.69) is 38.4 Å². The molecule has 13 heavy (non-hydrogen) atoms. The van der Waals surface area contributed by atoms with E-state index in [1.54, 1.807) is 0 Å². The molecule has 1 aromatic rings. The molecule has 0 aliphatic rings. The molecule has 0 atom stereocenters. The molecule has 0 aliphatic heterocycles. The summed E-state index contributed by atoms with van der Waals surface area (Å²) in [6.45, 7) is 12.4. The number of pyridine rings is 1. The molecule has 1 nitrogen and oxygen atoms in total. The molecule has 0 aliphatic carbocycles. The summed E-state index contributed by atoms with van der Waals surface area (Å²) >= 11 is 0. The van der Waals surface area contributed by atoms with Crippen molar-refractivity contribution >= 4 is 5.57 Å². The molecule has 1 aromatic heterocycles. The first-order valence-electron chi connectivity index (χ1n) is 4.53. The highest BCUT2D eigenvalue weighted by atomic mass is 14.7. The van der Waals surface area contributed by atoms with Gasteiger partial charge in [-0.2, -0.15) is 0 Å². The normalized spacial score (nSPS) is 11.4. The second-order valence-corrected chi connectivity index (χ2v) is 4.46. The van der Waals surface area contributed by atoms with Gasteiger partial charge in [0.05, 0.1) is 5.69 Å². The van der Waals surface area contributed by atoms with Gasteiger partial charge in [-0.1, -0.05) is 33.4 Å². The Morgan fingerprint density at radius 3 is 2.23 bits per heavy atom.